The van der Waals surface area contributed by atoms with E-state index in [1.54, 1.807) is 26.3 Å². The molecule has 0 aliphatic carbocycles. The van der Waals surface area contributed by atoms with Crippen molar-refractivity contribution in [2.24, 2.45) is 0 Å². The van der Waals surface area contributed by atoms with Crippen LogP contribution in [0.25, 0.3) is 11.3 Å². The van der Waals surface area contributed by atoms with Crippen LogP contribution in [0.15, 0.2) is 43.2 Å². The Kier molecular flexibility index (Phi) is 8.90. The van der Waals surface area contributed by atoms with E-state index in [-0.39, 0.29) is 17.5 Å². The van der Waals surface area contributed by atoms with Crippen molar-refractivity contribution in [2.75, 3.05) is 62.2 Å². The van der Waals surface area contributed by atoms with Gasteiger partial charge in [0.1, 0.15) is 17.3 Å². The van der Waals surface area contributed by atoms with Crippen molar-refractivity contribution >= 4 is 41.0 Å². The normalized spacial score (nSPS) is 13.6. The number of anilines is 5. The molecule has 0 unspecified atom stereocenters. The number of pyridine rings is 1. The Morgan fingerprint density at radius 1 is 1.20 bits per heavy atom. The van der Waals surface area contributed by atoms with Gasteiger partial charge in [0.05, 0.1) is 30.4 Å². The molecule has 11 nitrogen and oxygen atoms in total. The molecule has 40 heavy (non-hydrogen) atoms. The number of rotatable bonds is 10. The number of carbonyl (C=O) groups excluding carboxylic acids is 1. The minimum absolute atomic E-state index is 0.0234. The maximum absolute atomic E-state index is 14.8. The second-order valence-corrected chi connectivity index (χ2v) is 9.52. The van der Waals surface area contributed by atoms with E-state index in [9.17, 15) is 9.18 Å². The zero-order valence-corrected chi connectivity index (χ0v) is 23.1. The van der Waals surface area contributed by atoms with E-state index < -0.39 is 5.82 Å². The second-order valence-electron chi connectivity index (χ2n) is 9.52. The van der Waals surface area contributed by atoms with Crippen molar-refractivity contribution in [3.63, 3.8) is 0 Å². The van der Waals surface area contributed by atoms with Crippen LogP contribution in [0.3, 0.4) is 0 Å². The number of aromatic nitrogens is 3. The monoisotopic (exact) mass is 547 g/mol. The van der Waals surface area contributed by atoms with Gasteiger partial charge in [0, 0.05) is 55.8 Å². The van der Waals surface area contributed by atoms with Gasteiger partial charge in [-0.2, -0.15) is 0 Å². The van der Waals surface area contributed by atoms with Crippen LogP contribution in [0, 0.1) is 11.2 Å². The van der Waals surface area contributed by atoms with Gasteiger partial charge in [-0.25, -0.2) is 19.3 Å². The van der Waals surface area contributed by atoms with Gasteiger partial charge >= 0.3 is 0 Å². The first-order valence-corrected chi connectivity index (χ1v) is 12.8. The molecule has 3 aromatic rings. The molecule has 1 fully saturated rings. The molecule has 1 aromatic carbocycles. The van der Waals surface area contributed by atoms with E-state index in [4.69, 9.17) is 10.1 Å². The Morgan fingerprint density at radius 3 is 2.58 bits per heavy atom. The van der Waals surface area contributed by atoms with Crippen molar-refractivity contribution in [1.29, 1.82) is 5.41 Å². The average molecular weight is 548 g/mol. The largest absolute Gasteiger partial charge is 0.494 e. The molecule has 1 aliphatic rings. The highest BCUT2D eigenvalue weighted by molar-refractivity contribution is 6.02. The zero-order chi connectivity index (χ0) is 28.8. The highest BCUT2D eigenvalue weighted by Gasteiger charge is 2.24. The number of hydrogen-bond acceptors (Lipinski definition) is 10. The molecule has 0 bridgehead atoms. The van der Waals surface area contributed by atoms with Gasteiger partial charge < -0.3 is 35.9 Å². The summed E-state index contributed by atoms with van der Waals surface area (Å²) in [4.78, 5) is 29.5. The predicted molar refractivity (Wildman–Crippen MR) is 157 cm³/mol. The molecule has 0 saturated carbocycles. The van der Waals surface area contributed by atoms with Crippen molar-refractivity contribution < 1.29 is 13.9 Å². The third-order valence-electron chi connectivity index (χ3n) is 6.87. The van der Waals surface area contributed by atoms with Crippen molar-refractivity contribution in [3.05, 3.63) is 54.6 Å². The summed E-state index contributed by atoms with van der Waals surface area (Å²) in [6, 6.07) is 5.72. The lowest BCUT2D eigenvalue weighted by atomic mass is 10.0. The maximum Gasteiger partial charge on any atom is 0.247 e. The van der Waals surface area contributed by atoms with Crippen molar-refractivity contribution in [2.45, 2.75) is 18.9 Å². The Morgan fingerprint density at radius 2 is 1.95 bits per heavy atom. The van der Waals surface area contributed by atoms with Crippen molar-refractivity contribution in [3.8, 4) is 17.0 Å². The first-order valence-electron chi connectivity index (χ1n) is 12.8. The summed E-state index contributed by atoms with van der Waals surface area (Å²) in [5.41, 5.74) is 2.78. The molecule has 0 spiro atoms. The number of benzene rings is 1. The molecule has 3 heterocycles. The van der Waals surface area contributed by atoms with Gasteiger partial charge in [-0.05, 0) is 45.1 Å². The number of methoxy groups -OCH3 is 1. The summed E-state index contributed by atoms with van der Waals surface area (Å²) in [6.07, 6.45) is 6.86. The van der Waals surface area contributed by atoms with Gasteiger partial charge in [0.2, 0.25) is 11.9 Å². The molecule has 4 N–H and O–H groups in total. The molecule has 12 heteroatoms. The molecule has 0 radical (unpaired) electrons. The molecule has 210 valence electrons. The minimum atomic E-state index is -0.636. The summed E-state index contributed by atoms with van der Waals surface area (Å²) >= 11 is 0. The fraction of sp³-hybridized carbons (Fsp3) is 0.321. The Bertz CT molecular complexity index is 1400. The summed E-state index contributed by atoms with van der Waals surface area (Å²) < 4.78 is 20.5. The summed E-state index contributed by atoms with van der Waals surface area (Å²) in [5.74, 6) is 0.131. The van der Waals surface area contributed by atoms with Gasteiger partial charge in [-0.3, -0.25) is 4.79 Å². The van der Waals surface area contributed by atoms with E-state index in [0.29, 0.717) is 40.1 Å². The Labute approximate surface area is 233 Å². The van der Waals surface area contributed by atoms with Gasteiger partial charge in [0.25, 0.3) is 0 Å². The van der Waals surface area contributed by atoms with E-state index in [1.807, 2.05) is 6.07 Å². The number of nitrogens with one attached hydrogen (secondary N) is 4. The zero-order valence-electron chi connectivity index (χ0n) is 23.1. The summed E-state index contributed by atoms with van der Waals surface area (Å²) in [5, 5.41) is 16.5. The summed E-state index contributed by atoms with van der Waals surface area (Å²) in [7, 11) is 7.42. The second kappa shape index (κ2) is 12.5. The number of nitrogens with zero attached hydrogens (tertiary/aromatic N) is 5. The Hall–Kier alpha value is -4.58. The van der Waals surface area contributed by atoms with E-state index >= 15 is 0 Å². The number of carbonyl (C=O) groups is 1. The lowest BCUT2D eigenvalue weighted by Gasteiger charge is -2.37. The lowest BCUT2D eigenvalue weighted by molar-refractivity contribution is -0.111. The van der Waals surface area contributed by atoms with Crippen LogP contribution in [0.2, 0.25) is 0 Å². The number of halogens is 1. The van der Waals surface area contributed by atoms with Crippen LogP contribution in [-0.4, -0.2) is 79.4 Å². The molecule has 0 atom stereocenters. The highest BCUT2D eigenvalue weighted by Crippen LogP contribution is 2.39. The molecule has 4 rings (SSSR count). The standard InChI is InChI=1S/C28H34FN9O2/c1-6-25(39)34-21-12-22(24(40-5)13-23(21)38-9-7-19(8-10-38)37(3)4)35-28-33-16-20(29)26(36-28)18-11-17(14-30)27(31-2)32-15-18/h6,11-16,19,30H,1,7-10H2,2-5H3,(H,31,32)(H,34,39)(H,33,35,36). The maximum atomic E-state index is 14.8. The fourth-order valence-corrected chi connectivity index (χ4v) is 4.68. The fourth-order valence-electron chi connectivity index (χ4n) is 4.68. The smallest absolute Gasteiger partial charge is 0.247 e. The van der Waals surface area contributed by atoms with Crippen LogP contribution < -0.4 is 25.6 Å². The molecular formula is C28H34FN9O2. The third-order valence-corrected chi connectivity index (χ3v) is 6.87. The van der Waals surface area contributed by atoms with Crippen LogP contribution in [0.5, 0.6) is 5.75 Å². The third kappa shape index (κ3) is 6.18. The number of hydrogen-bond donors (Lipinski definition) is 4. The van der Waals surface area contributed by atoms with E-state index in [1.165, 1.54) is 12.3 Å². The number of ether oxygens (including phenoxy) is 1. The molecule has 2 aromatic heterocycles. The van der Waals surface area contributed by atoms with Gasteiger partial charge in [-0.1, -0.05) is 6.58 Å². The summed E-state index contributed by atoms with van der Waals surface area (Å²) in [6.45, 7) is 5.21. The molecular weight excluding hydrogens is 513 g/mol. The van der Waals surface area contributed by atoms with E-state index in [2.05, 4.69) is 61.4 Å². The van der Waals surface area contributed by atoms with Crippen molar-refractivity contribution in [1.82, 2.24) is 19.9 Å². The SMILES string of the molecule is C=CC(=O)Nc1cc(Nc2ncc(F)c(-c3cnc(NC)c(C=N)c3)n2)c(OC)cc1N1CCC(N(C)C)CC1. The Balaban J connectivity index is 1.69. The quantitative estimate of drug-likeness (QED) is 0.219. The highest BCUT2D eigenvalue weighted by atomic mass is 19.1. The molecule has 1 amide bonds. The number of amides is 1. The van der Waals surface area contributed by atoms with Crippen LogP contribution in [0.1, 0.15) is 18.4 Å². The predicted octanol–water partition coefficient (Wildman–Crippen LogP) is 4.12. The molecule has 1 aliphatic heterocycles. The van der Waals surface area contributed by atoms with Gasteiger partial charge in [0.15, 0.2) is 5.82 Å². The van der Waals surface area contributed by atoms with E-state index in [0.717, 1.165) is 44.0 Å². The molecule has 1 saturated heterocycles. The number of piperidine rings is 1. The first-order chi connectivity index (χ1) is 19.3. The topological polar surface area (TPSA) is 131 Å². The van der Waals surface area contributed by atoms with Crippen LogP contribution in [-0.2, 0) is 4.79 Å². The average Bonchev–Trinajstić information content (AvgIpc) is 2.97. The minimum Gasteiger partial charge on any atom is -0.494 e. The first kappa shape index (κ1) is 28.4. The lowest BCUT2D eigenvalue weighted by Crippen LogP contribution is -2.42. The van der Waals surface area contributed by atoms with Crippen LogP contribution in [0.4, 0.5) is 33.2 Å². The van der Waals surface area contributed by atoms with Gasteiger partial charge in [-0.15, -0.1) is 0 Å². The van der Waals surface area contributed by atoms with Crippen LogP contribution >= 0.6 is 0 Å².